The van der Waals surface area contributed by atoms with E-state index < -0.39 is 24.3 Å². The Morgan fingerprint density at radius 3 is 2.44 bits per heavy atom. The molecule has 0 atom stereocenters. The lowest BCUT2D eigenvalue weighted by Gasteiger charge is -2.08. The minimum absolute atomic E-state index is 0.141. The van der Waals surface area contributed by atoms with Gasteiger partial charge in [-0.05, 0) is 49.4 Å². The Morgan fingerprint density at radius 2 is 1.89 bits per heavy atom. The van der Waals surface area contributed by atoms with Gasteiger partial charge in [0.2, 0.25) is 0 Å². The van der Waals surface area contributed by atoms with Gasteiger partial charge in [0.05, 0.1) is 28.4 Å². The molecule has 0 saturated heterocycles. The molecule has 0 radical (unpaired) electrons. The molecule has 0 saturated carbocycles. The summed E-state index contributed by atoms with van der Waals surface area (Å²) in [7, 11) is 0. The molecule has 5 nitrogen and oxygen atoms in total. The van der Waals surface area contributed by atoms with E-state index >= 15 is 0 Å². The zero-order valence-electron chi connectivity index (χ0n) is 14.0. The third-order valence-electron chi connectivity index (χ3n) is 4.09. The number of carbonyl (C=O) groups is 1. The van der Waals surface area contributed by atoms with Crippen LogP contribution in [0.15, 0.2) is 42.5 Å². The van der Waals surface area contributed by atoms with Crippen LogP contribution in [0.4, 0.5) is 13.2 Å². The Bertz CT molecular complexity index is 1060. The molecular weight excluding hydrogens is 361 g/mol. The fourth-order valence-electron chi connectivity index (χ4n) is 2.81. The van der Waals surface area contributed by atoms with E-state index in [1.165, 1.54) is 34.9 Å². The molecule has 3 aromatic rings. The van der Waals surface area contributed by atoms with Gasteiger partial charge < -0.3 is 14.4 Å². The van der Waals surface area contributed by atoms with E-state index in [4.69, 9.17) is 15.1 Å². The lowest BCUT2D eigenvalue weighted by atomic mass is 10.1. The molecule has 0 aliphatic heterocycles. The number of hydrogen-bond acceptors (Lipinski definition) is 3. The summed E-state index contributed by atoms with van der Waals surface area (Å²) in [5.74, 6) is -0.661. The van der Waals surface area contributed by atoms with Crippen LogP contribution in [0, 0.1) is 18.3 Å². The quantitative estimate of drug-likeness (QED) is 0.717. The SMILES string of the molecule is Cc1c(Oc2ccc(C#N)cc2)c2cc(C(F)(F)F)ccc2n1CC(=O)O. The molecule has 3 rings (SSSR count). The number of halogens is 3. The van der Waals surface area contributed by atoms with Crippen molar-refractivity contribution in [3.8, 4) is 17.6 Å². The molecule has 2 aromatic carbocycles. The highest BCUT2D eigenvalue weighted by Crippen LogP contribution is 2.39. The summed E-state index contributed by atoms with van der Waals surface area (Å²) in [6.45, 7) is 1.17. The van der Waals surface area contributed by atoms with E-state index in [1.807, 2.05) is 6.07 Å². The van der Waals surface area contributed by atoms with Crippen LogP contribution in [0.2, 0.25) is 0 Å². The standard InChI is InChI=1S/C19H13F3N2O3/c1-11-18(27-14-5-2-12(9-23)3-6-14)15-8-13(19(20,21)22)4-7-16(15)24(11)10-17(25)26/h2-8H,10H2,1H3,(H,25,26). The summed E-state index contributed by atoms with van der Waals surface area (Å²) in [6.07, 6.45) is -4.54. The maximum Gasteiger partial charge on any atom is 0.416 e. The summed E-state index contributed by atoms with van der Waals surface area (Å²) >= 11 is 0. The Balaban J connectivity index is 2.17. The van der Waals surface area contributed by atoms with Crippen molar-refractivity contribution in [3.63, 3.8) is 0 Å². The minimum atomic E-state index is -4.54. The molecule has 27 heavy (non-hydrogen) atoms. The van der Waals surface area contributed by atoms with Crippen molar-refractivity contribution in [3.05, 3.63) is 59.3 Å². The first-order valence-corrected chi connectivity index (χ1v) is 7.80. The summed E-state index contributed by atoms with van der Waals surface area (Å²) in [5, 5.41) is 18.1. The molecular formula is C19H13F3N2O3. The number of nitriles is 1. The number of benzene rings is 2. The summed E-state index contributed by atoms with van der Waals surface area (Å²) in [4.78, 5) is 11.2. The van der Waals surface area contributed by atoms with Crippen LogP contribution in [0.25, 0.3) is 10.9 Å². The van der Waals surface area contributed by atoms with Crippen molar-refractivity contribution < 1.29 is 27.8 Å². The van der Waals surface area contributed by atoms with Crippen molar-refractivity contribution in [1.29, 1.82) is 5.26 Å². The molecule has 0 spiro atoms. The number of nitrogens with zero attached hydrogens (tertiary/aromatic N) is 2. The third kappa shape index (κ3) is 3.58. The summed E-state index contributed by atoms with van der Waals surface area (Å²) < 4.78 is 46.5. The second-order valence-corrected chi connectivity index (χ2v) is 5.86. The largest absolute Gasteiger partial charge is 0.480 e. The average molecular weight is 374 g/mol. The highest BCUT2D eigenvalue weighted by molar-refractivity contribution is 5.90. The molecule has 1 heterocycles. The van der Waals surface area contributed by atoms with Crippen molar-refractivity contribution in [2.24, 2.45) is 0 Å². The van der Waals surface area contributed by atoms with Crippen LogP contribution < -0.4 is 4.74 Å². The number of carboxylic acid groups (broad SMARTS) is 1. The molecule has 0 aliphatic rings. The monoisotopic (exact) mass is 374 g/mol. The third-order valence-corrected chi connectivity index (χ3v) is 4.09. The van der Waals surface area contributed by atoms with Gasteiger partial charge in [0, 0.05) is 5.39 Å². The Labute approximate surface area is 151 Å². The first-order valence-electron chi connectivity index (χ1n) is 7.80. The Morgan fingerprint density at radius 1 is 1.22 bits per heavy atom. The minimum Gasteiger partial charge on any atom is -0.480 e. The van der Waals surface area contributed by atoms with E-state index in [0.717, 1.165) is 12.1 Å². The van der Waals surface area contributed by atoms with E-state index in [1.54, 1.807) is 6.92 Å². The first-order chi connectivity index (χ1) is 12.7. The lowest BCUT2D eigenvalue weighted by Crippen LogP contribution is -2.10. The van der Waals surface area contributed by atoms with Gasteiger partial charge in [0.15, 0.2) is 5.75 Å². The first kappa shape index (κ1) is 18.3. The topological polar surface area (TPSA) is 75.2 Å². The molecule has 0 bridgehead atoms. The smallest absolute Gasteiger partial charge is 0.416 e. The number of hydrogen-bond donors (Lipinski definition) is 1. The number of rotatable bonds is 4. The Kier molecular flexibility index (Phi) is 4.54. The molecule has 8 heteroatoms. The number of aliphatic carboxylic acids is 1. The van der Waals surface area contributed by atoms with Crippen LogP contribution in [-0.2, 0) is 17.5 Å². The fraction of sp³-hybridized carbons (Fsp3) is 0.158. The van der Waals surface area contributed by atoms with Crippen LogP contribution >= 0.6 is 0 Å². The zero-order chi connectivity index (χ0) is 19.8. The number of fused-ring (bicyclic) bond motifs is 1. The number of aromatic nitrogens is 1. The summed E-state index contributed by atoms with van der Waals surface area (Å²) in [6, 6.07) is 11.1. The molecule has 1 aromatic heterocycles. The molecule has 1 N–H and O–H groups in total. The van der Waals surface area contributed by atoms with Crippen molar-refractivity contribution >= 4 is 16.9 Å². The highest BCUT2D eigenvalue weighted by Gasteiger charge is 2.31. The molecule has 0 unspecified atom stereocenters. The van der Waals surface area contributed by atoms with Gasteiger partial charge >= 0.3 is 12.1 Å². The highest BCUT2D eigenvalue weighted by atomic mass is 19.4. The van der Waals surface area contributed by atoms with Gasteiger partial charge in [0.25, 0.3) is 0 Å². The predicted molar refractivity (Wildman–Crippen MR) is 90.5 cm³/mol. The molecule has 0 amide bonds. The van der Waals surface area contributed by atoms with Gasteiger partial charge in [-0.25, -0.2) is 0 Å². The second kappa shape index (κ2) is 6.68. The second-order valence-electron chi connectivity index (χ2n) is 5.86. The van der Waals surface area contributed by atoms with Crippen LogP contribution in [-0.4, -0.2) is 15.6 Å². The fourth-order valence-corrected chi connectivity index (χ4v) is 2.81. The van der Waals surface area contributed by atoms with Gasteiger partial charge in [-0.1, -0.05) is 0 Å². The average Bonchev–Trinajstić information content (AvgIpc) is 2.86. The van der Waals surface area contributed by atoms with E-state index in [-0.39, 0.29) is 11.1 Å². The van der Waals surface area contributed by atoms with E-state index in [0.29, 0.717) is 22.5 Å². The lowest BCUT2D eigenvalue weighted by molar-refractivity contribution is -0.138. The zero-order valence-corrected chi connectivity index (χ0v) is 14.0. The van der Waals surface area contributed by atoms with Crippen LogP contribution in [0.1, 0.15) is 16.8 Å². The van der Waals surface area contributed by atoms with Crippen molar-refractivity contribution in [2.75, 3.05) is 0 Å². The maximum absolute atomic E-state index is 13.1. The molecule has 138 valence electrons. The van der Waals surface area contributed by atoms with E-state index in [2.05, 4.69) is 0 Å². The summed E-state index contributed by atoms with van der Waals surface area (Å²) in [5.41, 5.74) is 0.265. The number of alkyl halides is 3. The van der Waals surface area contributed by atoms with Crippen LogP contribution in [0.3, 0.4) is 0 Å². The van der Waals surface area contributed by atoms with Crippen LogP contribution in [0.5, 0.6) is 11.5 Å². The maximum atomic E-state index is 13.1. The molecule has 0 fully saturated rings. The number of carboxylic acids is 1. The van der Waals surface area contributed by atoms with Gasteiger partial charge in [-0.2, -0.15) is 18.4 Å². The van der Waals surface area contributed by atoms with Crippen molar-refractivity contribution in [1.82, 2.24) is 4.57 Å². The van der Waals surface area contributed by atoms with Gasteiger partial charge in [-0.3, -0.25) is 4.79 Å². The predicted octanol–water partition coefficient (Wildman–Crippen LogP) is 4.72. The Hall–Kier alpha value is -3.47. The van der Waals surface area contributed by atoms with Gasteiger partial charge in [0.1, 0.15) is 12.3 Å². The normalized spacial score (nSPS) is 11.4. The van der Waals surface area contributed by atoms with Gasteiger partial charge in [-0.15, -0.1) is 0 Å². The molecule has 0 aliphatic carbocycles. The number of ether oxygens (including phenoxy) is 1. The van der Waals surface area contributed by atoms with E-state index in [9.17, 15) is 18.0 Å². The van der Waals surface area contributed by atoms with Crippen molar-refractivity contribution in [2.45, 2.75) is 19.6 Å².